The molecule has 106 valence electrons. The van der Waals surface area contributed by atoms with Crippen LogP contribution in [0.1, 0.15) is 84.5 Å². The average Bonchev–Trinajstić information content (AvgIpc) is 2.39. The number of hydrogen-bond acceptors (Lipinski definition) is 1. The molecule has 0 heterocycles. The fourth-order valence-corrected chi connectivity index (χ4v) is 2.04. The van der Waals surface area contributed by atoms with Crippen molar-refractivity contribution in [3.05, 3.63) is 12.2 Å². The van der Waals surface area contributed by atoms with E-state index in [1.54, 1.807) is 0 Å². The zero-order valence-electron chi connectivity index (χ0n) is 12.5. The van der Waals surface area contributed by atoms with Gasteiger partial charge in [-0.1, -0.05) is 58.1 Å². The van der Waals surface area contributed by atoms with E-state index < -0.39 is 0 Å². The van der Waals surface area contributed by atoms with Gasteiger partial charge in [-0.3, -0.25) is 0 Å². The summed E-state index contributed by atoms with van der Waals surface area (Å²) in [5.41, 5.74) is 0. The second kappa shape index (κ2) is 14.5. The van der Waals surface area contributed by atoms with Gasteiger partial charge in [0.2, 0.25) is 0 Å². The van der Waals surface area contributed by atoms with Crippen LogP contribution < -0.4 is 0 Å². The number of hydrogen-bond donors (Lipinski definition) is 0. The molecule has 18 heavy (non-hydrogen) atoms. The fourth-order valence-electron chi connectivity index (χ4n) is 2.04. The van der Waals surface area contributed by atoms with Crippen molar-refractivity contribution in [1.29, 1.82) is 0 Å². The van der Waals surface area contributed by atoms with E-state index in [2.05, 4.69) is 26.0 Å². The molecule has 0 spiro atoms. The van der Waals surface area contributed by atoms with Crippen LogP contribution in [-0.4, -0.2) is 6.29 Å². The minimum absolute atomic E-state index is 0.742. The first-order valence-corrected chi connectivity index (χ1v) is 7.89. The summed E-state index contributed by atoms with van der Waals surface area (Å²) in [6.07, 6.45) is 19.2. The highest BCUT2D eigenvalue weighted by atomic mass is 16.1. The molecule has 0 bridgehead atoms. The third-order valence-corrected chi connectivity index (χ3v) is 3.62. The van der Waals surface area contributed by atoms with Gasteiger partial charge in [0, 0.05) is 6.42 Å². The molecule has 0 aliphatic rings. The SMILES string of the molecule is CC[C@H](C)CCCC/C=C/CCCCCCC=O. The Morgan fingerprint density at radius 1 is 0.833 bits per heavy atom. The average molecular weight is 252 g/mol. The minimum Gasteiger partial charge on any atom is -0.303 e. The summed E-state index contributed by atoms with van der Waals surface area (Å²) in [6, 6.07) is 0. The molecule has 1 nitrogen and oxygen atoms in total. The summed E-state index contributed by atoms with van der Waals surface area (Å²) >= 11 is 0. The number of allylic oxidation sites excluding steroid dienone is 2. The lowest BCUT2D eigenvalue weighted by Gasteiger charge is -2.06. The van der Waals surface area contributed by atoms with Crippen molar-refractivity contribution >= 4 is 6.29 Å². The third-order valence-electron chi connectivity index (χ3n) is 3.62. The summed E-state index contributed by atoms with van der Waals surface area (Å²) in [4.78, 5) is 10.1. The van der Waals surface area contributed by atoms with Crippen LogP contribution in [-0.2, 0) is 4.79 Å². The number of carbonyl (C=O) groups excluding carboxylic acids is 1. The van der Waals surface area contributed by atoms with Crippen LogP contribution in [0, 0.1) is 5.92 Å². The van der Waals surface area contributed by atoms with Crippen LogP contribution in [0.4, 0.5) is 0 Å². The molecule has 0 aromatic carbocycles. The van der Waals surface area contributed by atoms with Crippen LogP contribution in [0.5, 0.6) is 0 Å². The van der Waals surface area contributed by atoms with Gasteiger partial charge in [-0.25, -0.2) is 0 Å². The van der Waals surface area contributed by atoms with Gasteiger partial charge >= 0.3 is 0 Å². The monoisotopic (exact) mass is 252 g/mol. The molecule has 0 N–H and O–H groups in total. The van der Waals surface area contributed by atoms with Crippen molar-refractivity contribution in [1.82, 2.24) is 0 Å². The third kappa shape index (κ3) is 13.5. The second-order valence-corrected chi connectivity index (χ2v) is 5.43. The highest BCUT2D eigenvalue weighted by Gasteiger charge is 1.96. The van der Waals surface area contributed by atoms with Crippen molar-refractivity contribution in [3.63, 3.8) is 0 Å². The molecule has 0 saturated heterocycles. The number of unbranched alkanes of at least 4 members (excludes halogenated alkanes) is 7. The predicted molar refractivity (Wildman–Crippen MR) is 80.8 cm³/mol. The second-order valence-electron chi connectivity index (χ2n) is 5.43. The van der Waals surface area contributed by atoms with Gasteiger partial charge < -0.3 is 4.79 Å². The van der Waals surface area contributed by atoms with E-state index in [0.717, 1.165) is 25.0 Å². The van der Waals surface area contributed by atoms with Gasteiger partial charge in [0.25, 0.3) is 0 Å². The Kier molecular flexibility index (Phi) is 14.0. The molecule has 1 heteroatoms. The van der Waals surface area contributed by atoms with E-state index in [1.165, 1.54) is 57.8 Å². The van der Waals surface area contributed by atoms with Gasteiger partial charge in [0.1, 0.15) is 6.29 Å². The summed E-state index contributed by atoms with van der Waals surface area (Å²) in [5, 5.41) is 0. The first-order chi connectivity index (χ1) is 8.81. The van der Waals surface area contributed by atoms with Crippen LogP contribution in [0.2, 0.25) is 0 Å². The Labute approximate surface area is 114 Å². The number of aldehydes is 1. The smallest absolute Gasteiger partial charge is 0.119 e. The summed E-state index contributed by atoms with van der Waals surface area (Å²) < 4.78 is 0. The van der Waals surface area contributed by atoms with Gasteiger partial charge in [0.15, 0.2) is 0 Å². The summed E-state index contributed by atoms with van der Waals surface area (Å²) in [6.45, 7) is 4.63. The zero-order valence-corrected chi connectivity index (χ0v) is 12.5. The molecule has 0 aromatic heterocycles. The van der Waals surface area contributed by atoms with Gasteiger partial charge in [-0.2, -0.15) is 0 Å². The Bertz CT molecular complexity index is 196. The van der Waals surface area contributed by atoms with E-state index in [4.69, 9.17) is 0 Å². The van der Waals surface area contributed by atoms with E-state index in [0.29, 0.717) is 0 Å². The van der Waals surface area contributed by atoms with E-state index in [-0.39, 0.29) is 0 Å². The molecule has 0 unspecified atom stereocenters. The highest BCUT2D eigenvalue weighted by Crippen LogP contribution is 2.12. The number of rotatable bonds is 13. The minimum atomic E-state index is 0.742. The Morgan fingerprint density at radius 2 is 1.39 bits per heavy atom. The maximum absolute atomic E-state index is 10.1. The molecule has 0 aromatic rings. The van der Waals surface area contributed by atoms with Crippen molar-refractivity contribution in [2.75, 3.05) is 0 Å². The molecule has 0 fully saturated rings. The van der Waals surface area contributed by atoms with Gasteiger partial charge in [-0.15, -0.1) is 0 Å². The van der Waals surface area contributed by atoms with Crippen LogP contribution in [0.25, 0.3) is 0 Å². The first kappa shape index (κ1) is 17.4. The van der Waals surface area contributed by atoms with Crippen LogP contribution in [0.3, 0.4) is 0 Å². The summed E-state index contributed by atoms with van der Waals surface area (Å²) in [5.74, 6) is 0.903. The molecule has 0 rings (SSSR count). The van der Waals surface area contributed by atoms with Gasteiger partial charge in [-0.05, 0) is 38.0 Å². The standard InChI is InChI=1S/C17H32O/c1-3-17(2)15-13-11-9-7-5-4-6-8-10-12-14-16-18/h5,7,16-17H,3-4,6,8-15H2,1-2H3/b7-5+/t17-/m0/s1. The van der Waals surface area contributed by atoms with E-state index >= 15 is 0 Å². The van der Waals surface area contributed by atoms with Crippen molar-refractivity contribution in [3.8, 4) is 0 Å². The quantitative estimate of drug-likeness (QED) is 0.234. The number of carbonyl (C=O) groups is 1. The Morgan fingerprint density at radius 3 is 1.94 bits per heavy atom. The molecule has 0 aliphatic carbocycles. The lowest BCUT2D eigenvalue weighted by molar-refractivity contribution is -0.107. The fraction of sp³-hybridized carbons (Fsp3) is 0.824. The Hall–Kier alpha value is -0.590. The lowest BCUT2D eigenvalue weighted by Crippen LogP contribution is -1.90. The van der Waals surface area contributed by atoms with E-state index in [9.17, 15) is 4.79 Å². The van der Waals surface area contributed by atoms with E-state index in [1.807, 2.05) is 0 Å². The van der Waals surface area contributed by atoms with Crippen LogP contribution >= 0.6 is 0 Å². The molecule has 0 aliphatic heterocycles. The van der Waals surface area contributed by atoms with Crippen LogP contribution in [0.15, 0.2) is 12.2 Å². The maximum atomic E-state index is 10.1. The summed E-state index contributed by atoms with van der Waals surface area (Å²) in [7, 11) is 0. The zero-order chi connectivity index (χ0) is 13.5. The predicted octanol–water partition coefficient (Wildman–Crippen LogP) is 5.69. The molecule has 0 saturated carbocycles. The topological polar surface area (TPSA) is 17.1 Å². The molecule has 0 radical (unpaired) electrons. The van der Waals surface area contributed by atoms with Crippen molar-refractivity contribution in [2.45, 2.75) is 84.5 Å². The first-order valence-electron chi connectivity index (χ1n) is 7.89. The van der Waals surface area contributed by atoms with Gasteiger partial charge in [0.05, 0.1) is 0 Å². The normalized spacial score (nSPS) is 13.0. The highest BCUT2D eigenvalue weighted by molar-refractivity contribution is 5.48. The maximum Gasteiger partial charge on any atom is 0.119 e. The van der Waals surface area contributed by atoms with Crippen molar-refractivity contribution in [2.24, 2.45) is 5.92 Å². The Balaban J connectivity index is 3.11. The molecular formula is C17H32O. The van der Waals surface area contributed by atoms with Crippen molar-refractivity contribution < 1.29 is 4.79 Å². The molecular weight excluding hydrogens is 220 g/mol. The largest absolute Gasteiger partial charge is 0.303 e. The molecule has 1 atom stereocenters. The molecule has 0 amide bonds. The lowest BCUT2D eigenvalue weighted by atomic mass is 10.0.